The second-order valence-electron chi connectivity index (χ2n) is 4.13. The number of aromatic nitrogens is 4. The van der Waals surface area contributed by atoms with Crippen molar-refractivity contribution in [2.45, 2.75) is 6.92 Å². The van der Waals surface area contributed by atoms with Gasteiger partial charge in [-0.1, -0.05) is 28.1 Å². The number of imidazole rings is 1. The lowest BCUT2D eigenvalue weighted by molar-refractivity contribution is 1.07. The highest BCUT2D eigenvalue weighted by atomic mass is 79.9. The van der Waals surface area contributed by atoms with Gasteiger partial charge in [-0.3, -0.25) is 14.8 Å². The van der Waals surface area contributed by atoms with Gasteiger partial charge >= 0.3 is 5.69 Å². The summed E-state index contributed by atoms with van der Waals surface area (Å²) in [5, 5.41) is 0. The standard InChI is InChI=1S/C12H9BrN4O2/c1-5-6(3-2-4-7(5)13)9-14-8-10(15-9)16-12(19)17-11(8)18/h2-4H,1H3,(H3,14,15,16,17,18,19). The molecule has 0 saturated heterocycles. The number of nitrogens with one attached hydrogen (secondary N) is 3. The van der Waals surface area contributed by atoms with Crippen LogP contribution in [0.5, 0.6) is 0 Å². The molecule has 0 unspecified atom stereocenters. The summed E-state index contributed by atoms with van der Waals surface area (Å²) in [7, 11) is 0. The molecule has 3 rings (SSSR count). The average molecular weight is 321 g/mol. The fourth-order valence-corrected chi connectivity index (χ4v) is 2.29. The Hall–Kier alpha value is -2.15. The van der Waals surface area contributed by atoms with Gasteiger partial charge in [0.25, 0.3) is 5.56 Å². The lowest BCUT2D eigenvalue weighted by Crippen LogP contribution is -2.21. The van der Waals surface area contributed by atoms with Crippen molar-refractivity contribution in [1.29, 1.82) is 0 Å². The fourth-order valence-electron chi connectivity index (χ4n) is 1.92. The summed E-state index contributed by atoms with van der Waals surface area (Å²) >= 11 is 3.45. The van der Waals surface area contributed by atoms with Crippen LogP contribution in [0.15, 0.2) is 32.3 Å². The Kier molecular flexibility index (Phi) is 2.63. The number of benzene rings is 1. The molecular weight excluding hydrogens is 312 g/mol. The van der Waals surface area contributed by atoms with E-state index in [0.717, 1.165) is 15.6 Å². The van der Waals surface area contributed by atoms with Crippen molar-refractivity contribution in [3.05, 3.63) is 49.1 Å². The van der Waals surface area contributed by atoms with Crippen LogP contribution in [0.3, 0.4) is 0 Å². The van der Waals surface area contributed by atoms with Crippen molar-refractivity contribution in [2.24, 2.45) is 0 Å². The highest BCUT2D eigenvalue weighted by Gasteiger charge is 2.11. The van der Waals surface area contributed by atoms with E-state index in [0.29, 0.717) is 5.82 Å². The number of hydrogen-bond acceptors (Lipinski definition) is 3. The zero-order valence-electron chi connectivity index (χ0n) is 9.87. The van der Waals surface area contributed by atoms with Crippen LogP contribution < -0.4 is 11.2 Å². The molecule has 0 radical (unpaired) electrons. The van der Waals surface area contributed by atoms with Gasteiger partial charge in [-0.15, -0.1) is 0 Å². The van der Waals surface area contributed by atoms with E-state index < -0.39 is 11.2 Å². The Labute approximate surface area is 115 Å². The molecule has 0 atom stereocenters. The minimum absolute atomic E-state index is 0.253. The molecule has 7 heteroatoms. The Balaban J connectivity index is 2.33. The maximum absolute atomic E-state index is 11.6. The van der Waals surface area contributed by atoms with Crippen molar-refractivity contribution in [3.8, 4) is 11.4 Å². The van der Waals surface area contributed by atoms with E-state index in [1.165, 1.54) is 0 Å². The first-order valence-corrected chi connectivity index (χ1v) is 6.33. The number of H-pyrrole nitrogens is 3. The fraction of sp³-hybridized carbons (Fsp3) is 0.0833. The van der Waals surface area contributed by atoms with E-state index in [9.17, 15) is 9.59 Å². The van der Waals surface area contributed by atoms with E-state index in [1.807, 2.05) is 25.1 Å². The lowest BCUT2D eigenvalue weighted by atomic mass is 10.1. The van der Waals surface area contributed by atoms with Gasteiger partial charge in [0.2, 0.25) is 0 Å². The van der Waals surface area contributed by atoms with Crippen LogP contribution in [0, 0.1) is 6.92 Å². The van der Waals surface area contributed by atoms with Gasteiger partial charge in [0.15, 0.2) is 5.65 Å². The van der Waals surface area contributed by atoms with Gasteiger partial charge in [-0.25, -0.2) is 9.78 Å². The first-order valence-electron chi connectivity index (χ1n) is 5.54. The highest BCUT2D eigenvalue weighted by Crippen LogP contribution is 2.27. The van der Waals surface area contributed by atoms with Crippen LogP contribution >= 0.6 is 15.9 Å². The molecule has 0 saturated carbocycles. The quantitative estimate of drug-likeness (QED) is 0.636. The molecule has 1 aromatic carbocycles. The number of aromatic amines is 3. The number of rotatable bonds is 1. The summed E-state index contributed by atoms with van der Waals surface area (Å²) in [6, 6.07) is 5.70. The van der Waals surface area contributed by atoms with Gasteiger partial charge in [-0.2, -0.15) is 0 Å². The molecule has 0 spiro atoms. The van der Waals surface area contributed by atoms with Gasteiger partial charge in [0.05, 0.1) is 0 Å². The highest BCUT2D eigenvalue weighted by molar-refractivity contribution is 9.10. The third kappa shape index (κ3) is 1.91. The maximum Gasteiger partial charge on any atom is 0.327 e. The zero-order chi connectivity index (χ0) is 13.6. The summed E-state index contributed by atoms with van der Waals surface area (Å²) in [4.78, 5) is 34.7. The molecule has 0 bridgehead atoms. The molecule has 3 N–H and O–H groups in total. The molecule has 3 aromatic rings. The van der Waals surface area contributed by atoms with E-state index in [4.69, 9.17) is 0 Å². The Morgan fingerprint density at radius 1 is 1.16 bits per heavy atom. The third-order valence-corrected chi connectivity index (χ3v) is 3.77. The van der Waals surface area contributed by atoms with Crippen LogP contribution in [0.25, 0.3) is 22.6 Å². The van der Waals surface area contributed by atoms with E-state index in [-0.39, 0.29) is 11.2 Å². The molecule has 0 amide bonds. The molecule has 0 aliphatic heterocycles. The van der Waals surface area contributed by atoms with Crippen LogP contribution in [0.1, 0.15) is 5.56 Å². The Morgan fingerprint density at radius 2 is 1.95 bits per heavy atom. The van der Waals surface area contributed by atoms with Gasteiger partial charge < -0.3 is 4.98 Å². The molecule has 0 fully saturated rings. The van der Waals surface area contributed by atoms with Gasteiger partial charge in [0, 0.05) is 10.0 Å². The van der Waals surface area contributed by atoms with Crippen LogP contribution in [0.2, 0.25) is 0 Å². The SMILES string of the molecule is Cc1c(Br)cccc1-c1nc2[nH]c(=O)[nH]c(=O)c2[nH]1. The summed E-state index contributed by atoms with van der Waals surface area (Å²) in [6.45, 7) is 1.94. The van der Waals surface area contributed by atoms with E-state index in [1.54, 1.807) is 0 Å². The maximum atomic E-state index is 11.6. The molecule has 2 aromatic heterocycles. The summed E-state index contributed by atoms with van der Waals surface area (Å²) < 4.78 is 0.952. The summed E-state index contributed by atoms with van der Waals surface area (Å²) in [6.07, 6.45) is 0. The predicted octanol–water partition coefficient (Wildman–Crippen LogP) is 1.68. The smallest absolute Gasteiger partial charge is 0.327 e. The molecule has 2 heterocycles. The second kappa shape index (κ2) is 4.20. The van der Waals surface area contributed by atoms with Gasteiger partial charge in [-0.05, 0) is 18.6 Å². The van der Waals surface area contributed by atoms with Crippen molar-refractivity contribution >= 4 is 27.1 Å². The molecular formula is C12H9BrN4O2. The lowest BCUT2D eigenvalue weighted by Gasteiger charge is -2.03. The normalized spacial score (nSPS) is 11.1. The first kappa shape index (κ1) is 11.9. The third-order valence-electron chi connectivity index (χ3n) is 2.91. The Bertz CT molecular complexity index is 891. The predicted molar refractivity (Wildman–Crippen MR) is 75.2 cm³/mol. The number of halogens is 1. The molecule has 0 aliphatic carbocycles. The number of fused-ring (bicyclic) bond motifs is 1. The van der Waals surface area contributed by atoms with Crippen LogP contribution in [-0.4, -0.2) is 19.9 Å². The molecule has 19 heavy (non-hydrogen) atoms. The van der Waals surface area contributed by atoms with Crippen molar-refractivity contribution in [1.82, 2.24) is 19.9 Å². The first-order chi connectivity index (χ1) is 9.06. The van der Waals surface area contributed by atoms with Crippen molar-refractivity contribution < 1.29 is 0 Å². The number of hydrogen-bond donors (Lipinski definition) is 3. The minimum Gasteiger partial charge on any atom is -0.332 e. The minimum atomic E-state index is -0.568. The van der Waals surface area contributed by atoms with Crippen molar-refractivity contribution in [2.75, 3.05) is 0 Å². The molecule has 96 valence electrons. The van der Waals surface area contributed by atoms with E-state index in [2.05, 4.69) is 35.9 Å². The topological polar surface area (TPSA) is 94.4 Å². The molecule has 0 aliphatic rings. The van der Waals surface area contributed by atoms with Crippen LogP contribution in [-0.2, 0) is 0 Å². The Morgan fingerprint density at radius 3 is 2.74 bits per heavy atom. The van der Waals surface area contributed by atoms with Gasteiger partial charge in [0.1, 0.15) is 11.3 Å². The molecule has 6 nitrogen and oxygen atoms in total. The summed E-state index contributed by atoms with van der Waals surface area (Å²) in [5.74, 6) is 0.543. The second-order valence-corrected chi connectivity index (χ2v) is 4.98. The zero-order valence-corrected chi connectivity index (χ0v) is 11.5. The average Bonchev–Trinajstić information content (AvgIpc) is 2.76. The van der Waals surface area contributed by atoms with E-state index >= 15 is 0 Å². The van der Waals surface area contributed by atoms with Crippen molar-refractivity contribution in [3.63, 3.8) is 0 Å². The summed E-state index contributed by atoms with van der Waals surface area (Å²) in [5.41, 5.74) is 1.33. The largest absolute Gasteiger partial charge is 0.332 e. The number of nitrogens with zero attached hydrogens (tertiary/aromatic N) is 1. The monoisotopic (exact) mass is 320 g/mol. The van der Waals surface area contributed by atoms with Crippen LogP contribution in [0.4, 0.5) is 0 Å².